The Balaban J connectivity index is 0.000000190. The topological polar surface area (TPSA) is 160 Å². The second kappa shape index (κ2) is 13.2. The van der Waals surface area contributed by atoms with Crippen LogP contribution < -0.4 is 11.1 Å². The van der Waals surface area contributed by atoms with E-state index in [0.717, 1.165) is 55.9 Å². The van der Waals surface area contributed by atoms with Gasteiger partial charge in [0.2, 0.25) is 0 Å². The molecule has 0 unspecified atom stereocenters. The molecule has 14 heteroatoms. The lowest BCUT2D eigenvalue weighted by Gasteiger charge is -2.12. The van der Waals surface area contributed by atoms with E-state index in [1.807, 2.05) is 39.0 Å². The number of hydrogen-bond acceptors (Lipinski definition) is 9. The zero-order valence-corrected chi connectivity index (χ0v) is 28.2. The largest absolute Gasteiger partial charge is 0.384 e. The number of nitrogen functional groups attached to an aromatic ring is 1. The Bertz CT molecular complexity index is 2420. The number of carbonyl (C=O) groups excluding carboxylic acids is 1. The Morgan fingerprint density at radius 2 is 1.52 bits per heavy atom. The number of fused-ring (bicyclic) bond motifs is 2. The molecule has 1 amide bonds. The first-order valence-electron chi connectivity index (χ1n) is 17.0. The summed E-state index contributed by atoms with van der Waals surface area (Å²) in [5.41, 5.74) is 9.27. The van der Waals surface area contributed by atoms with E-state index >= 15 is 0 Å². The number of nitrogens with one attached hydrogen (secondary N) is 1. The van der Waals surface area contributed by atoms with Crippen molar-refractivity contribution in [3.8, 4) is 53.4 Å². The van der Waals surface area contributed by atoms with Crippen molar-refractivity contribution in [3.63, 3.8) is 0 Å². The third kappa shape index (κ3) is 6.04. The lowest BCUT2D eigenvalue weighted by Crippen LogP contribution is -2.16. The molecule has 6 aromatic rings. The minimum Gasteiger partial charge on any atom is -0.384 e. The summed E-state index contributed by atoms with van der Waals surface area (Å²) in [5, 5.41) is 19.5. The van der Waals surface area contributed by atoms with Crippen LogP contribution in [0.5, 0.6) is 0 Å². The maximum Gasteiger partial charge on any atom is 0.259 e. The first-order chi connectivity index (χ1) is 25.3. The number of imidazole rings is 1. The molecule has 3 N–H and O–H groups in total. The fourth-order valence-corrected chi connectivity index (χ4v) is 6.66. The monoisotopic (exact) mass is 692 g/mol. The molecule has 1 aliphatic carbocycles. The van der Waals surface area contributed by atoms with E-state index in [1.165, 1.54) is 6.07 Å². The van der Waals surface area contributed by atoms with E-state index in [-0.39, 0.29) is 23.5 Å². The maximum atomic E-state index is 14.8. The van der Waals surface area contributed by atoms with Crippen molar-refractivity contribution in [1.29, 1.82) is 0 Å². The fourth-order valence-electron chi connectivity index (χ4n) is 6.66. The number of rotatable bonds is 6. The number of amides is 1. The predicted molar refractivity (Wildman–Crippen MR) is 191 cm³/mol. The minimum atomic E-state index is -0.602. The van der Waals surface area contributed by atoms with E-state index in [0.29, 0.717) is 46.0 Å². The number of terminal acetylenes is 2. The number of aromatic nitrogens is 10. The molecule has 1 saturated carbocycles. The normalized spacial score (nSPS) is 17.0. The summed E-state index contributed by atoms with van der Waals surface area (Å²) < 4.78 is 20.5. The van der Waals surface area contributed by atoms with Crippen molar-refractivity contribution in [3.05, 3.63) is 95.3 Å². The van der Waals surface area contributed by atoms with E-state index in [4.69, 9.17) is 18.6 Å². The number of pyridine rings is 2. The molecule has 1 fully saturated rings. The van der Waals surface area contributed by atoms with Crippen LogP contribution in [0, 0.1) is 37.4 Å². The highest BCUT2D eigenvalue weighted by Gasteiger charge is 2.29. The molecule has 52 heavy (non-hydrogen) atoms. The number of aryl methyl sites for hydroxylation is 3. The van der Waals surface area contributed by atoms with Crippen LogP contribution in [0.2, 0.25) is 0 Å². The van der Waals surface area contributed by atoms with Crippen molar-refractivity contribution < 1.29 is 9.18 Å². The van der Waals surface area contributed by atoms with E-state index in [2.05, 4.69) is 52.5 Å². The molecule has 7 heterocycles. The Kier molecular flexibility index (Phi) is 8.27. The zero-order valence-electron chi connectivity index (χ0n) is 28.2. The van der Waals surface area contributed by atoms with Gasteiger partial charge in [0.1, 0.15) is 40.5 Å². The van der Waals surface area contributed by atoms with E-state index in [9.17, 15) is 9.18 Å². The number of nitrogens with two attached hydrogens (primary N) is 1. The first-order valence-corrected chi connectivity index (χ1v) is 17.0. The van der Waals surface area contributed by atoms with Crippen molar-refractivity contribution in [1.82, 2.24) is 49.0 Å². The first kappa shape index (κ1) is 32.5. The predicted octanol–water partition coefficient (Wildman–Crippen LogP) is 5.27. The molecular formula is C38H33FN12O. The van der Waals surface area contributed by atoms with Gasteiger partial charge in [0.25, 0.3) is 5.91 Å². The summed E-state index contributed by atoms with van der Waals surface area (Å²) in [5.74, 6) is 8.56. The Hall–Kier alpha value is -6.67. The molecule has 2 aliphatic heterocycles. The number of nitrogens with zero attached hydrogens (tertiary/aromatic N) is 10. The molecule has 2 atom stereocenters. The second-order valence-electron chi connectivity index (χ2n) is 13.0. The number of carbonyl (C=O) groups is 1. The highest BCUT2D eigenvalue weighted by Crippen LogP contribution is 2.39. The van der Waals surface area contributed by atoms with Gasteiger partial charge in [-0.15, -0.1) is 33.2 Å². The van der Waals surface area contributed by atoms with Crippen LogP contribution in [0.15, 0.2) is 61.1 Å². The molecule has 258 valence electrons. The van der Waals surface area contributed by atoms with Gasteiger partial charge in [0, 0.05) is 25.0 Å². The average Bonchev–Trinajstić information content (AvgIpc) is 3.60. The molecule has 1 aromatic carbocycles. The van der Waals surface area contributed by atoms with Crippen molar-refractivity contribution in [2.24, 2.45) is 0 Å². The fraction of sp³-hybridized carbons (Fsp3) is 0.263. The number of anilines is 2. The van der Waals surface area contributed by atoms with Gasteiger partial charge in [-0.1, -0.05) is 24.0 Å². The van der Waals surface area contributed by atoms with Crippen molar-refractivity contribution >= 4 is 17.5 Å². The molecule has 3 aliphatic rings. The van der Waals surface area contributed by atoms with Crippen LogP contribution in [0.3, 0.4) is 0 Å². The van der Waals surface area contributed by atoms with Gasteiger partial charge in [0.15, 0.2) is 11.6 Å². The van der Waals surface area contributed by atoms with Crippen molar-refractivity contribution in [2.75, 3.05) is 11.1 Å². The van der Waals surface area contributed by atoms with Gasteiger partial charge in [-0.3, -0.25) is 13.9 Å². The summed E-state index contributed by atoms with van der Waals surface area (Å²) in [6.07, 6.45) is 20.5. The smallest absolute Gasteiger partial charge is 0.259 e. The van der Waals surface area contributed by atoms with Gasteiger partial charge >= 0.3 is 0 Å². The summed E-state index contributed by atoms with van der Waals surface area (Å²) >= 11 is 0. The summed E-state index contributed by atoms with van der Waals surface area (Å²) in [4.78, 5) is 26.3. The van der Waals surface area contributed by atoms with Crippen LogP contribution in [-0.2, 0) is 12.8 Å². The quantitative estimate of drug-likeness (QED) is 0.222. The number of halogens is 1. The molecule has 5 aromatic heterocycles. The second-order valence-corrected chi connectivity index (χ2v) is 13.0. The highest BCUT2D eigenvalue weighted by molar-refractivity contribution is 6.04. The Morgan fingerprint density at radius 3 is 2.13 bits per heavy atom. The Morgan fingerprint density at radius 1 is 0.885 bits per heavy atom. The lowest BCUT2D eigenvalue weighted by atomic mass is 10.1. The molecular weight excluding hydrogens is 659 g/mol. The van der Waals surface area contributed by atoms with Crippen molar-refractivity contribution in [2.45, 2.75) is 63.5 Å². The lowest BCUT2D eigenvalue weighted by molar-refractivity contribution is 0.102. The zero-order chi connectivity index (χ0) is 35.9. The SMILES string of the molecule is C#C[C@@H]1CCc2nnc(-c3cccc(N)n3)n21.C#C[C@@H]1CCc2nnc(-c3cccc(NC(=O)c4cc(-n5cnc(C6CC6)c5)c(C)cc4F)n3)n21. The molecule has 0 bridgehead atoms. The van der Waals surface area contributed by atoms with Crippen LogP contribution >= 0.6 is 0 Å². The molecule has 0 radical (unpaired) electrons. The van der Waals surface area contributed by atoms with Gasteiger partial charge < -0.3 is 15.6 Å². The van der Waals surface area contributed by atoms with Crippen LogP contribution in [-0.4, -0.2) is 55.0 Å². The van der Waals surface area contributed by atoms with E-state index in [1.54, 1.807) is 36.7 Å². The highest BCUT2D eigenvalue weighted by atomic mass is 19.1. The third-order valence-corrected chi connectivity index (χ3v) is 9.45. The standard InChI is InChI=1S/C26H22FN7O.C12H11N5/c1-3-17-9-10-24-31-32-25(34(17)24)20-5-4-6-23(29-20)30-26(35)18-12-22(15(2)11-19(18)27)33-13-21(28-14-33)16-7-8-16;1-2-8-6-7-11-15-16-12(17(8)11)9-4-3-5-10(13)14-9/h1,4-6,11-14,16-17H,7-10H2,2H3,(H,29,30,35);1,3-5,8H,6-7H2,(H2,13,14)/t17-;8-/m11/s1. The maximum absolute atomic E-state index is 14.8. The molecule has 0 saturated heterocycles. The molecule has 13 nitrogen and oxygen atoms in total. The Labute approximate surface area is 298 Å². The van der Waals surface area contributed by atoms with Gasteiger partial charge in [-0.2, -0.15) is 0 Å². The van der Waals surface area contributed by atoms with Gasteiger partial charge in [-0.05, 0) is 74.6 Å². The number of hydrogen-bond donors (Lipinski definition) is 2. The molecule has 9 rings (SSSR count). The third-order valence-electron chi connectivity index (χ3n) is 9.45. The summed E-state index contributed by atoms with van der Waals surface area (Å²) in [7, 11) is 0. The van der Waals surface area contributed by atoms with Crippen LogP contribution in [0.4, 0.5) is 16.0 Å². The van der Waals surface area contributed by atoms with Gasteiger partial charge in [-0.25, -0.2) is 19.3 Å². The van der Waals surface area contributed by atoms with E-state index < -0.39 is 11.7 Å². The average molecular weight is 693 g/mol. The van der Waals surface area contributed by atoms with Crippen LogP contribution in [0.1, 0.15) is 76.9 Å². The number of benzene rings is 1. The van der Waals surface area contributed by atoms with Gasteiger partial charge in [0.05, 0.1) is 35.4 Å². The van der Waals surface area contributed by atoms with Crippen LogP contribution in [0.25, 0.3) is 28.7 Å². The minimum absolute atomic E-state index is 0.0261. The summed E-state index contributed by atoms with van der Waals surface area (Å²) in [6, 6.07) is 13.4. The molecule has 0 spiro atoms. The summed E-state index contributed by atoms with van der Waals surface area (Å²) in [6.45, 7) is 1.81.